The summed E-state index contributed by atoms with van der Waals surface area (Å²) in [5.74, 6) is 1.04. The van der Waals surface area contributed by atoms with E-state index in [9.17, 15) is 9.90 Å². The fraction of sp³-hybridized carbons (Fsp3) is 0.292. The molecule has 3 aromatic rings. The highest BCUT2D eigenvalue weighted by atomic mass is 16.5. The Morgan fingerprint density at radius 2 is 2.00 bits per heavy atom. The Balaban J connectivity index is 1.81. The first-order valence-electron chi connectivity index (χ1n) is 10.5. The van der Waals surface area contributed by atoms with E-state index < -0.39 is 6.04 Å². The van der Waals surface area contributed by atoms with Crippen LogP contribution in [0.3, 0.4) is 0 Å². The molecule has 172 valence electrons. The second kappa shape index (κ2) is 9.33. The zero-order valence-corrected chi connectivity index (χ0v) is 19.0. The Morgan fingerprint density at radius 3 is 2.70 bits per heavy atom. The van der Waals surface area contributed by atoms with Gasteiger partial charge in [-0.1, -0.05) is 35.0 Å². The molecule has 1 unspecified atom stereocenters. The van der Waals surface area contributed by atoms with Crippen LogP contribution in [0.5, 0.6) is 11.5 Å². The minimum atomic E-state index is -0.612. The number of nitrogens with zero attached hydrogens (tertiary/aromatic N) is 3. The number of aryl methyl sites for hydroxylation is 1. The van der Waals surface area contributed by atoms with Crippen LogP contribution in [0.1, 0.15) is 30.0 Å². The number of nitrogens with one attached hydrogen (secondary N) is 1. The first kappa shape index (κ1) is 22.3. The maximum absolute atomic E-state index is 12.9. The van der Waals surface area contributed by atoms with Crippen molar-refractivity contribution in [1.29, 1.82) is 0 Å². The average molecular weight is 450 g/mol. The van der Waals surface area contributed by atoms with Gasteiger partial charge in [0, 0.05) is 18.4 Å². The molecule has 0 bridgehead atoms. The van der Waals surface area contributed by atoms with Gasteiger partial charge >= 0.3 is 6.03 Å². The molecule has 4 rings (SSSR count). The minimum Gasteiger partial charge on any atom is -0.504 e. The van der Waals surface area contributed by atoms with Crippen molar-refractivity contribution in [2.75, 3.05) is 27.4 Å². The zero-order chi connectivity index (χ0) is 23.5. The molecule has 1 aliphatic heterocycles. The molecule has 2 aromatic carbocycles. The van der Waals surface area contributed by atoms with Crippen LogP contribution in [-0.4, -0.2) is 53.5 Å². The molecule has 33 heavy (non-hydrogen) atoms. The third-order valence-corrected chi connectivity index (χ3v) is 5.58. The van der Waals surface area contributed by atoms with E-state index in [0.29, 0.717) is 41.6 Å². The molecule has 9 nitrogen and oxygen atoms in total. The summed E-state index contributed by atoms with van der Waals surface area (Å²) >= 11 is 0. The maximum atomic E-state index is 12.9. The third kappa shape index (κ3) is 4.40. The lowest BCUT2D eigenvalue weighted by molar-refractivity contribution is 0.158. The van der Waals surface area contributed by atoms with Crippen molar-refractivity contribution in [3.05, 3.63) is 65.2 Å². The lowest BCUT2D eigenvalue weighted by Crippen LogP contribution is -2.47. The van der Waals surface area contributed by atoms with Crippen molar-refractivity contribution in [3.63, 3.8) is 0 Å². The number of aromatic hydroxyl groups is 1. The molecule has 0 saturated heterocycles. The summed E-state index contributed by atoms with van der Waals surface area (Å²) < 4.78 is 16.0. The highest BCUT2D eigenvalue weighted by Gasteiger charge is 2.36. The first-order valence-corrected chi connectivity index (χ1v) is 10.5. The molecular weight excluding hydrogens is 424 g/mol. The summed E-state index contributed by atoms with van der Waals surface area (Å²) in [5.41, 5.74) is 3.87. The topological polar surface area (TPSA) is 110 Å². The number of ether oxygens (including phenoxy) is 2. The third-order valence-electron chi connectivity index (χ3n) is 5.58. The number of phenolic OH excluding ortho intramolecular Hbond substituents is 1. The summed E-state index contributed by atoms with van der Waals surface area (Å²) in [6, 6.07) is 11.9. The number of carbonyl (C=O) groups is 1. The molecule has 0 radical (unpaired) electrons. The second-order valence-corrected chi connectivity index (χ2v) is 7.75. The Labute approximate surface area is 191 Å². The Hall–Kier alpha value is -3.85. The quantitative estimate of drug-likeness (QED) is 0.562. The van der Waals surface area contributed by atoms with Gasteiger partial charge in [0.15, 0.2) is 11.5 Å². The lowest BCUT2D eigenvalue weighted by Gasteiger charge is -2.35. The Bertz CT molecular complexity index is 1200. The van der Waals surface area contributed by atoms with Gasteiger partial charge in [-0.05, 0) is 37.6 Å². The molecule has 1 atom stereocenters. The molecular formula is C24H26N4O5. The number of urea groups is 1. The number of hydrogen-bond acceptors (Lipinski definition) is 7. The lowest BCUT2D eigenvalue weighted by atomic mass is 9.94. The number of rotatable bonds is 7. The van der Waals surface area contributed by atoms with Crippen molar-refractivity contribution in [3.8, 4) is 22.9 Å². The molecule has 1 aromatic heterocycles. The fourth-order valence-corrected chi connectivity index (χ4v) is 3.88. The second-order valence-electron chi connectivity index (χ2n) is 7.75. The highest BCUT2D eigenvalue weighted by molar-refractivity contribution is 5.87. The van der Waals surface area contributed by atoms with Crippen LogP contribution in [0.15, 0.2) is 52.7 Å². The van der Waals surface area contributed by atoms with Gasteiger partial charge < -0.3 is 24.4 Å². The predicted octanol–water partition coefficient (Wildman–Crippen LogP) is 3.90. The minimum absolute atomic E-state index is 0.0333. The van der Waals surface area contributed by atoms with E-state index in [2.05, 4.69) is 15.5 Å². The van der Waals surface area contributed by atoms with Gasteiger partial charge in [-0.2, -0.15) is 4.98 Å². The predicted molar refractivity (Wildman–Crippen MR) is 122 cm³/mol. The monoisotopic (exact) mass is 450 g/mol. The number of allylic oxidation sites excluding steroid dienone is 1. The molecule has 0 fully saturated rings. The van der Waals surface area contributed by atoms with E-state index in [1.807, 2.05) is 38.1 Å². The van der Waals surface area contributed by atoms with Crippen molar-refractivity contribution in [2.24, 2.45) is 0 Å². The van der Waals surface area contributed by atoms with E-state index in [1.54, 1.807) is 30.2 Å². The van der Waals surface area contributed by atoms with Crippen LogP contribution >= 0.6 is 0 Å². The van der Waals surface area contributed by atoms with Crippen molar-refractivity contribution in [1.82, 2.24) is 20.4 Å². The van der Waals surface area contributed by atoms with Gasteiger partial charge in [-0.15, -0.1) is 0 Å². The number of amides is 2. The normalized spacial score (nSPS) is 16.2. The molecule has 9 heteroatoms. The number of phenols is 1. The summed E-state index contributed by atoms with van der Waals surface area (Å²) in [4.78, 5) is 19.1. The van der Waals surface area contributed by atoms with Crippen LogP contribution in [0, 0.1) is 6.92 Å². The SMILES string of the molecule is COCCN1C(=O)NC(c2ccc(OC)c(O)c2)C(c2nc(-c3cccc(C)c3)no2)=C1C. The maximum Gasteiger partial charge on any atom is 0.322 e. The molecule has 0 aliphatic carbocycles. The van der Waals surface area contributed by atoms with Crippen LogP contribution in [-0.2, 0) is 4.74 Å². The molecule has 0 spiro atoms. The van der Waals surface area contributed by atoms with Crippen LogP contribution < -0.4 is 10.1 Å². The van der Waals surface area contributed by atoms with Gasteiger partial charge in [0.1, 0.15) is 0 Å². The zero-order valence-electron chi connectivity index (χ0n) is 19.0. The largest absolute Gasteiger partial charge is 0.504 e. The highest BCUT2D eigenvalue weighted by Crippen LogP contribution is 2.39. The summed E-state index contributed by atoms with van der Waals surface area (Å²) in [6.45, 7) is 4.55. The van der Waals surface area contributed by atoms with Crippen LogP contribution in [0.2, 0.25) is 0 Å². The fourth-order valence-electron chi connectivity index (χ4n) is 3.88. The molecule has 0 saturated carbocycles. The van der Waals surface area contributed by atoms with E-state index in [0.717, 1.165) is 11.1 Å². The molecule has 1 aliphatic rings. The Kier molecular flexibility index (Phi) is 6.32. The number of carbonyl (C=O) groups excluding carboxylic acids is 1. The van der Waals surface area contributed by atoms with E-state index in [-0.39, 0.29) is 17.7 Å². The Morgan fingerprint density at radius 1 is 1.18 bits per heavy atom. The summed E-state index contributed by atoms with van der Waals surface area (Å²) in [5, 5.41) is 17.5. The van der Waals surface area contributed by atoms with Crippen LogP contribution in [0.25, 0.3) is 17.0 Å². The van der Waals surface area contributed by atoms with Gasteiger partial charge in [-0.3, -0.25) is 4.90 Å². The van der Waals surface area contributed by atoms with Crippen molar-refractivity contribution in [2.45, 2.75) is 19.9 Å². The van der Waals surface area contributed by atoms with Gasteiger partial charge in [0.05, 0.1) is 31.9 Å². The molecule has 2 N–H and O–H groups in total. The average Bonchev–Trinajstić information content (AvgIpc) is 3.28. The number of hydrogen-bond donors (Lipinski definition) is 2. The van der Waals surface area contributed by atoms with E-state index in [1.165, 1.54) is 7.11 Å². The van der Waals surface area contributed by atoms with E-state index >= 15 is 0 Å². The van der Waals surface area contributed by atoms with Crippen molar-refractivity contribution < 1.29 is 23.9 Å². The molecule has 2 heterocycles. The summed E-state index contributed by atoms with van der Waals surface area (Å²) in [6.07, 6.45) is 0. The van der Waals surface area contributed by atoms with Gasteiger partial charge in [0.25, 0.3) is 5.89 Å². The number of methoxy groups -OCH3 is 2. The number of aromatic nitrogens is 2. The molecule has 2 amide bonds. The van der Waals surface area contributed by atoms with E-state index in [4.69, 9.17) is 14.0 Å². The van der Waals surface area contributed by atoms with Crippen molar-refractivity contribution >= 4 is 11.6 Å². The van der Waals surface area contributed by atoms with Gasteiger partial charge in [0.2, 0.25) is 5.82 Å². The summed E-state index contributed by atoms with van der Waals surface area (Å²) in [7, 11) is 3.06. The standard InChI is InChI=1S/C24H26N4O5/c1-14-6-5-7-17(12-14)22-26-23(33-27-22)20-15(2)28(10-11-31-3)24(30)25-21(20)16-8-9-19(32-4)18(29)13-16/h5-9,12-13,21,29H,10-11H2,1-4H3,(H,25,30). The van der Waals surface area contributed by atoms with Gasteiger partial charge in [-0.25, -0.2) is 4.79 Å². The van der Waals surface area contributed by atoms with Crippen LogP contribution in [0.4, 0.5) is 4.79 Å². The smallest absolute Gasteiger partial charge is 0.322 e. The number of benzene rings is 2. The first-order chi connectivity index (χ1) is 15.9.